The summed E-state index contributed by atoms with van der Waals surface area (Å²) in [5.41, 5.74) is 2.88. The predicted molar refractivity (Wildman–Crippen MR) is 90.2 cm³/mol. The fraction of sp³-hybridized carbons (Fsp3) is 0.400. The molecule has 0 radical (unpaired) electrons. The molecule has 24 heavy (non-hydrogen) atoms. The summed E-state index contributed by atoms with van der Waals surface area (Å²) in [5, 5.41) is 13.1. The number of anilines is 1. The molecule has 3 aromatic rings. The summed E-state index contributed by atoms with van der Waals surface area (Å²) in [6.45, 7) is 2.57. The highest BCUT2D eigenvalue weighted by atomic mass is 32.1. The quantitative estimate of drug-likeness (QED) is 0.708. The van der Waals surface area contributed by atoms with Gasteiger partial charge < -0.3 is 9.80 Å². The fourth-order valence-corrected chi connectivity index (χ4v) is 3.71. The monoisotopic (exact) mass is 343 g/mol. The van der Waals surface area contributed by atoms with Crippen LogP contribution in [0.1, 0.15) is 16.8 Å². The van der Waals surface area contributed by atoms with Crippen LogP contribution in [0.15, 0.2) is 30.2 Å². The molecule has 3 aromatic heterocycles. The van der Waals surface area contributed by atoms with E-state index >= 15 is 0 Å². The van der Waals surface area contributed by atoms with Crippen LogP contribution in [-0.2, 0) is 0 Å². The van der Waals surface area contributed by atoms with Crippen molar-refractivity contribution in [1.82, 2.24) is 29.7 Å². The number of carbonyl (C=O) groups is 1. The Bertz CT molecular complexity index is 847. The lowest BCUT2D eigenvalue weighted by Crippen LogP contribution is -2.33. The van der Waals surface area contributed by atoms with Crippen molar-refractivity contribution < 1.29 is 4.79 Å². The van der Waals surface area contributed by atoms with Crippen LogP contribution in [0.5, 0.6) is 0 Å². The number of hydrogen-bond donors (Lipinski definition) is 0. The topological polar surface area (TPSA) is 79.5 Å². The van der Waals surface area contributed by atoms with Crippen molar-refractivity contribution in [2.45, 2.75) is 6.42 Å². The number of amides is 1. The van der Waals surface area contributed by atoms with E-state index < -0.39 is 0 Å². The molecule has 0 aliphatic carbocycles. The Balaban J connectivity index is 1.43. The number of nitrogens with zero attached hydrogens (tertiary/aromatic N) is 7. The van der Waals surface area contributed by atoms with E-state index in [4.69, 9.17) is 0 Å². The lowest BCUT2D eigenvalue weighted by atomic mass is 10.1. The lowest BCUT2D eigenvalue weighted by Gasteiger charge is -2.21. The van der Waals surface area contributed by atoms with Gasteiger partial charge in [-0.3, -0.25) is 4.79 Å². The zero-order valence-corrected chi connectivity index (χ0v) is 14.1. The van der Waals surface area contributed by atoms with Gasteiger partial charge >= 0.3 is 0 Å². The molecule has 1 aliphatic rings. The van der Waals surface area contributed by atoms with Crippen LogP contribution in [0.25, 0.3) is 5.65 Å². The van der Waals surface area contributed by atoms with E-state index in [1.807, 2.05) is 7.05 Å². The average Bonchev–Trinajstić information content (AvgIpc) is 3.33. The molecule has 9 heteroatoms. The van der Waals surface area contributed by atoms with Crippen molar-refractivity contribution in [3.63, 3.8) is 0 Å². The maximum Gasteiger partial charge on any atom is 0.259 e. The van der Waals surface area contributed by atoms with Gasteiger partial charge in [-0.05, 0) is 18.4 Å². The highest BCUT2D eigenvalue weighted by molar-refractivity contribution is 7.13. The van der Waals surface area contributed by atoms with E-state index in [0.29, 0.717) is 23.7 Å². The van der Waals surface area contributed by atoms with Gasteiger partial charge in [0.2, 0.25) is 5.13 Å². The Hall–Kier alpha value is -2.55. The van der Waals surface area contributed by atoms with Gasteiger partial charge in [-0.15, -0.1) is 10.2 Å². The van der Waals surface area contributed by atoms with Crippen molar-refractivity contribution in [3.8, 4) is 0 Å². The normalized spacial score (nSPS) is 17.5. The van der Waals surface area contributed by atoms with Gasteiger partial charge in [0, 0.05) is 39.1 Å². The fourth-order valence-electron chi connectivity index (χ4n) is 3.11. The molecule has 1 saturated heterocycles. The third-order valence-corrected chi connectivity index (χ3v) is 5.04. The van der Waals surface area contributed by atoms with Crippen LogP contribution in [0.4, 0.5) is 5.13 Å². The van der Waals surface area contributed by atoms with Crippen molar-refractivity contribution in [2.24, 2.45) is 5.92 Å². The van der Waals surface area contributed by atoms with Crippen LogP contribution in [0, 0.1) is 5.92 Å². The zero-order chi connectivity index (χ0) is 16.5. The van der Waals surface area contributed by atoms with Gasteiger partial charge in [-0.2, -0.15) is 5.10 Å². The maximum atomic E-state index is 12.7. The second-order valence-corrected chi connectivity index (χ2v) is 6.77. The van der Waals surface area contributed by atoms with Gasteiger partial charge in [0.25, 0.3) is 5.91 Å². The minimum atomic E-state index is -0.0435. The summed E-state index contributed by atoms with van der Waals surface area (Å²) in [4.78, 5) is 21.0. The molecule has 0 aromatic carbocycles. The Morgan fingerprint density at radius 1 is 1.50 bits per heavy atom. The molecule has 4 heterocycles. The van der Waals surface area contributed by atoms with E-state index in [1.54, 1.807) is 50.9 Å². The first-order chi connectivity index (χ1) is 11.7. The molecule has 1 fully saturated rings. The molecule has 1 unspecified atom stereocenters. The molecule has 0 spiro atoms. The van der Waals surface area contributed by atoms with Gasteiger partial charge in [0.15, 0.2) is 5.65 Å². The van der Waals surface area contributed by atoms with Gasteiger partial charge in [0.1, 0.15) is 11.1 Å². The van der Waals surface area contributed by atoms with E-state index in [1.165, 1.54) is 0 Å². The zero-order valence-electron chi connectivity index (χ0n) is 13.2. The Morgan fingerprint density at radius 2 is 2.42 bits per heavy atom. The first-order valence-electron chi connectivity index (χ1n) is 7.77. The smallest absolute Gasteiger partial charge is 0.259 e. The molecular formula is C15H17N7OS. The second kappa shape index (κ2) is 6.16. The number of carbonyl (C=O) groups excluding carboxylic acids is 1. The minimum absolute atomic E-state index is 0.0435. The van der Waals surface area contributed by atoms with E-state index in [0.717, 1.165) is 24.6 Å². The minimum Gasteiger partial charge on any atom is -0.346 e. The second-order valence-electron chi connectivity index (χ2n) is 5.95. The molecule has 0 saturated carbocycles. The van der Waals surface area contributed by atoms with Crippen LogP contribution in [-0.4, -0.2) is 62.3 Å². The molecule has 1 amide bonds. The van der Waals surface area contributed by atoms with Crippen LogP contribution in [0.3, 0.4) is 0 Å². The molecule has 124 valence electrons. The largest absolute Gasteiger partial charge is 0.346 e. The van der Waals surface area contributed by atoms with E-state index in [2.05, 4.69) is 25.2 Å². The Kier molecular flexibility index (Phi) is 3.85. The molecule has 0 bridgehead atoms. The molecule has 4 rings (SSSR count). The summed E-state index contributed by atoms with van der Waals surface area (Å²) in [7, 11) is 1.84. The lowest BCUT2D eigenvalue weighted by molar-refractivity contribution is 0.0778. The van der Waals surface area contributed by atoms with Crippen LogP contribution in [0.2, 0.25) is 0 Å². The number of fused-ring (bicyclic) bond motifs is 1. The van der Waals surface area contributed by atoms with Crippen molar-refractivity contribution in [2.75, 3.05) is 31.6 Å². The molecule has 1 atom stereocenters. The van der Waals surface area contributed by atoms with Crippen molar-refractivity contribution in [1.29, 1.82) is 0 Å². The average molecular weight is 343 g/mol. The molecule has 8 nitrogen and oxygen atoms in total. The summed E-state index contributed by atoms with van der Waals surface area (Å²) in [6, 6.07) is 1.79. The van der Waals surface area contributed by atoms with Gasteiger partial charge in [0.05, 0.1) is 6.20 Å². The highest BCUT2D eigenvalue weighted by Gasteiger charge is 2.27. The molecular weight excluding hydrogens is 326 g/mol. The highest BCUT2D eigenvalue weighted by Crippen LogP contribution is 2.25. The third-order valence-electron chi connectivity index (χ3n) is 4.29. The first-order valence-corrected chi connectivity index (χ1v) is 8.65. The molecule has 1 aliphatic heterocycles. The van der Waals surface area contributed by atoms with Crippen LogP contribution < -0.4 is 4.90 Å². The Morgan fingerprint density at radius 3 is 3.25 bits per heavy atom. The number of hydrogen-bond acceptors (Lipinski definition) is 7. The number of rotatable bonds is 4. The summed E-state index contributed by atoms with van der Waals surface area (Å²) >= 11 is 1.55. The maximum absolute atomic E-state index is 12.7. The molecule has 0 N–H and O–H groups in total. The van der Waals surface area contributed by atoms with E-state index in [9.17, 15) is 4.79 Å². The number of aromatic nitrogens is 5. The first kappa shape index (κ1) is 15.0. The summed E-state index contributed by atoms with van der Waals surface area (Å²) in [6.07, 6.45) is 6.09. The van der Waals surface area contributed by atoms with Gasteiger partial charge in [-0.25, -0.2) is 9.50 Å². The predicted octanol–water partition coefficient (Wildman–Crippen LogP) is 1.18. The van der Waals surface area contributed by atoms with Crippen LogP contribution >= 0.6 is 11.3 Å². The summed E-state index contributed by atoms with van der Waals surface area (Å²) in [5.74, 6) is 0.385. The Labute approximate surface area is 142 Å². The third kappa shape index (κ3) is 2.71. The summed E-state index contributed by atoms with van der Waals surface area (Å²) < 4.78 is 1.62. The van der Waals surface area contributed by atoms with Crippen molar-refractivity contribution in [3.05, 3.63) is 35.7 Å². The van der Waals surface area contributed by atoms with E-state index in [-0.39, 0.29) is 5.91 Å². The van der Waals surface area contributed by atoms with Crippen molar-refractivity contribution >= 4 is 28.0 Å². The standard InChI is InChI=1S/C15H17N7OS/c1-20(8-11-3-6-21(9-11)15-19-17-10-24-15)14(23)12-7-18-22-5-2-4-16-13(12)22/h2,4-5,7,10-11H,3,6,8-9H2,1H3. The van der Waals surface area contributed by atoms with Gasteiger partial charge in [-0.1, -0.05) is 11.3 Å². The SMILES string of the molecule is CN(CC1CCN(c2nncs2)C1)C(=O)c1cnn2cccnc12.